The average molecular weight is 292 g/mol. The lowest BCUT2D eigenvalue weighted by atomic mass is 10.2. The van der Waals surface area contributed by atoms with E-state index in [9.17, 15) is 9.90 Å². The molecule has 3 rings (SSSR count). The second-order valence-corrected chi connectivity index (χ2v) is 5.32. The Labute approximate surface area is 123 Å². The number of hydrogen-bond donors (Lipinski definition) is 3. The molecule has 114 valence electrons. The molecule has 0 saturated carbocycles. The summed E-state index contributed by atoms with van der Waals surface area (Å²) in [4.78, 5) is 18.5. The third-order valence-corrected chi connectivity index (χ3v) is 3.83. The molecule has 0 aromatic carbocycles. The van der Waals surface area contributed by atoms with Gasteiger partial charge in [-0.3, -0.25) is 4.79 Å². The largest absolute Gasteiger partial charge is 0.388 e. The molecule has 1 aromatic rings. The van der Waals surface area contributed by atoms with Crippen LogP contribution in [0, 0.1) is 0 Å². The molecule has 7 nitrogen and oxygen atoms in total. The first kappa shape index (κ1) is 14.2. The molecule has 2 atom stereocenters. The number of amides is 1. The molecule has 3 N–H and O–H groups in total. The van der Waals surface area contributed by atoms with Gasteiger partial charge in [0.1, 0.15) is 5.69 Å². The van der Waals surface area contributed by atoms with E-state index in [1.807, 2.05) is 6.07 Å². The minimum Gasteiger partial charge on any atom is -0.388 e. The quantitative estimate of drug-likeness (QED) is 0.661. The number of anilines is 1. The Morgan fingerprint density at radius 3 is 2.81 bits per heavy atom. The number of ether oxygens (including phenoxy) is 1. The zero-order valence-corrected chi connectivity index (χ0v) is 11.8. The summed E-state index contributed by atoms with van der Waals surface area (Å²) in [5, 5.41) is 15.7. The molecule has 21 heavy (non-hydrogen) atoms. The number of nitrogens with zero attached hydrogens (tertiary/aromatic N) is 2. The number of nitrogens with one attached hydrogen (secondary N) is 2. The van der Waals surface area contributed by atoms with Crippen LogP contribution in [0.25, 0.3) is 0 Å². The minimum atomic E-state index is -0.644. The molecular weight excluding hydrogens is 272 g/mol. The fourth-order valence-electron chi connectivity index (χ4n) is 2.55. The van der Waals surface area contributed by atoms with Crippen LogP contribution in [0.4, 0.5) is 5.69 Å². The third-order valence-electron chi connectivity index (χ3n) is 3.83. The van der Waals surface area contributed by atoms with Gasteiger partial charge in [0.15, 0.2) is 0 Å². The molecule has 0 radical (unpaired) electrons. The lowest BCUT2D eigenvalue weighted by Crippen LogP contribution is -2.44. The van der Waals surface area contributed by atoms with Crippen molar-refractivity contribution < 1.29 is 14.6 Å². The molecule has 0 spiro atoms. The fourth-order valence-corrected chi connectivity index (χ4v) is 2.55. The highest BCUT2D eigenvalue weighted by Crippen LogP contribution is 2.14. The average Bonchev–Trinajstić information content (AvgIpc) is 2.93. The van der Waals surface area contributed by atoms with Crippen molar-refractivity contribution in [2.45, 2.75) is 12.1 Å². The van der Waals surface area contributed by atoms with E-state index in [4.69, 9.17) is 4.74 Å². The summed E-state index contributed by atoms with van der Waals surface area (Å²) in [5.74, 6) is -0.281. The molecule has 2 aliphatic heterocycles. The Bertz CT molecular complexity index is 487. The summed E-state index contributed by atoms with van der Waals surface area (Å²) in [6, 6.07) is 3.27. The van der Waals surface area contributed by atoms with Gasteiger partial charge in [0, 0.05) is 26.2 Å². The van der Waals surface area contributed by atoms with Crippen molar-refractivity contribution in [1.29, 1.82) is 0 Å². The SMILES string of the molecule is O=C(N[C@H]1COC[C@@H]1O)c1ccc(N2CCNCC2)cn1. The summed E-state index contributed by atoms with van der Waals surface area (Å²) in [5.41, 5.74) is 1.38. The highest BCUT2D eigenvalue weighted by atomic mass is 16.5. The van der Waals surface area contributed by atoms with Crippen LogP contribution < -0.4 is 15.5 Å². The number of pyridine rings is 1. The fraction of sp³-hybridized carbons (Fsp3) is 0.571. The number of aromatic nitrogens is 1. The zero-order valence-electron chi connectivity index (χ0n) is 11.8. The van der Waals surface area contributed by atoms with E-state index in [1.54, 1.807) is 12.3 Å². The van der Waals surface area contributed by atoms with E-state index < -0.39 is 6.10 Å². The molecule has 1 amide bonds. The summed E-state index contributed by atoms with van der Waals surface area (Å²) in [7, 11) is 0. The highest BCUT2D eigenvalue weighted by molar-refractivity contribution is 5.92. The first-order valence-electron chi connectivity index (χ1n) is 7.22. The van der Waals surface area contributed by atoms with Crippen LogP contribution in [0.3, 0.4) is 0 Å². The number of carbonyl (C=O) groups is 1. The van der Waals surface area contributed by atoms with Gasteiger partial charge in [0.25, 0.3) is 5.91 Å². The van der Waals surface area contributed by atoms with Gasteiger partial charge in [-0.25, -0.2) is 4.98 Å². The third kappa shape index (κ3) is 3.31. The van der Waals surface area contributed by atoms with Crippen LogP contribution in [-0.2, 0) is 4.74 Å². The van der Waals surface area contributed by atoms with Crippen LogP contribution in [0.15, 0.2) is 18.3 Å². The van der Waals surface area contributed by atoms with E-state index in [1.165, 1.54) is 0 Å². The van der Waals surface area contributed by atoms with Crippen molar-refractivity contribution in [2.24, 2.45) is 0 Å². The van der Waals surface area contributed by atoms with Gasteiger partial charge in [0.05, 0.1) is 37.2 Å². The molecule has 1 aromatic heterocycles. The van der Waals surface area contributed by atoms with Crippen LogP contribution in [-0.4, -0.2) is 67.5 Å². The minimum absolute atomic E-state index is 0.264. The number of aliphatic hydroxyl groups excluding tert-OH is 1. The van der Waals surface area contributed by atoms with Crippen LogP contribution in [0.1, 0.15) is 10.5 Å². The molecule has 3 heterocycles. The second kappa shape index (κ2) is 6.38. The molecular formula is C14H20N4O3. The van der Waals surface area contributed by atoms with Gasteiger partial charge in [-0.05, 0) is 12.1 Å². The molecule has 2 aliphatic rings. The van der Waals surface area contributed by atoms with Crippen LogP contribution in [0.2, 0.25) is 0 Å². The van der Waals surface area contributed by atoms with Crippen LogP contribution >= 0.6 is 0 Å². The Kier molecular flexibility index (Phi) is 4.33. The van der Waals surface area contributed by atoms with Gasteiger partial charge in [0.2, 0.25) is 0 Å². The first-order chi connectivity index (χ1) is 10.2. The number of hydrogen-bond acceptors (Lipinski definition) is 6. The lowest BCUT2D eigenvalue weighted by Gasteiger charge is -2.29. The predicted octanol–water partition coefficient (Wildman–Crippen LogP) is -1.02. The summed E-state index contributed by atoms with van der Waals surface area (Å²) >= 11 is 0. The Balaban J connectivity index is 1.61. The second-order valence-electron chi connectivity index (χ2n) is 5.32. The summed E-state index contributed by atoms with van der Waals surface area (Å²) in [6.45, 7) is 4.41. The van der Waals surface area contributed by atoms with Crippen molar-refractivity contribution in [1.82, 2.24) is 15.6 Å². The molecule has 7 heteroatoms. The lowest BCUT2D eigenvalue weighted by molar-refractivity contribution is 0.0881. The number of carbonyl (C=O) groups excluding carboxylic acids is 1. The standard InChI is InChI=1S/C14H20N4O3/c19-13-9-21-8-12(13)17-14(20)11-2-1-10(7-16-11)18-5-3-15-4-6-18/h1-2,7,12-13,15,19H,3-6,8-9H2,(H,17,20)/t12-,13-/m0/s1. The maximum Gasteiger partial charge on any atom is 0.270 e. The van der Waals surface area contributed by atoms with Crippen molar-refractivity contribution >= 4 is 11.6 Å². The smallest absolute Gasteiger partial charge is 0.270 e. The molecule has 0 unspecified atom stereocenters. The van der Waals surface area contributed by atoms with E-state index >= 15 is 0 Å². The maximum absolute atomic E-state index is 12.1. The molecule has 2 fully saturated rings. The summed E-state index contributed by atoms with van der Waals surface area (Å²) in [6.07, 6.45) is 1.08. The summed E-state index contributed by atoms with van der Waals surface area (Å²) < 4.78 is 5.11. The Morgan fingerprint density at radius 1 is 1.38 bits per heavy atom. The Hall–Kier alpha value is -1.70. The van der Waals surface area contributed by atoms with Gasteiger partial charge in [-0.15, -0.1) is 0 Å². The van der Waals surface area contributed by atoms with Crippen molar-refractivity contribution in [2.75, 3.05) is 44.3 Å². The zero-order chi connectivity index (χ0) is 14.7. The van der Waals surface area contributed by atoms with Gasteiger partial charge in [-0.2, -0.15) is 0 Å². The monoisotopic (exact) mass is 292 g/mol. The number of piperazine rings is 1. The maximum atomic E-state index is 12.1. The van der Waals surface area contributed by atoms with Gasteiger partial charge >= 0.3 is 0 Å². The normalized spacial score (nSPS) is 25.9. The number of aliphatic hydroxyl groups is 1. The molecule has 2 saturated heterocycles. The van der Waals surface area contributed by atoms with Crippen molar-refractivity contribution in [3.8, 4) is 0 Å². The Morgan fingerprint density at radius 2 is 2.19 bits per heavy atom. The van der Waals surface area contributed by atoms with Crippen molar-refractivity contribution in [3.05, 3.63) is 24.0 Å². The molecule has 0 bridgehead atoms. The topological polar surface area (TPSA) is 86.7 Å². The van der Waals surface area contributed by atoms with E-state index in [-0.39, 0.29) is 18.6 Å². The highest BCUT2D eigenvalue weighted by Gasteiger charge is 2.28. The first-order valence-corrected chi connectivity index (χ1v) is 7.22. The van der Waals surface area contributed by atoms with Crippen molar-refractivity contribution in [3.63, 3.8) is 0 Å². The van der Waals surface area contributed by atoms with E-state index in [0.29, 0.717) is 12.3 Å². The molecule has 0 aliphatic carbocycles. The van der Waals surface area contributed by atoms with E-state index in [2.05, 4.69) is 20.5 Å². The predicted molar refractivity (Wildman–Crippen MR) is 77.4 cm³/mol. The number of rotatable bonds is 3. The van der Waals surface area contributed by atoms with Gasteiger partial charge in [-0.1, -0.05) is 0 Å². The van der Waals surface area contributed by atoms with Crippen LogP contribution in [0.5, 0.6) is 0 Å². The van der Waals surface area contributed by atoms with Gasteiger partial charge < -0.3 is 25.4 Å². The van der Waals surface area contributed by atoms with E-state index in [0.717, 1.165) is 31.9 Å².